The lowest BCUT2D eigenvalue weighted by molar-refractivity contribution is 0.0895. The van der Waals surface area contributed by atoms with E-state index in [0.717, 1.165) is 0 Å². The molecular formula is C14H17BrF3NO2. The van der Waals surface area contributed by atoms with Crippen molar-refractivity contribution in [3.63, 3.8) is 0 Å². The Balaban J connectivity index is 3.09. The first kappa shape index (κ1) is 17.8. The quantitative estimate of drug-likeness (QED) is 0.629. The van der Waals surface area contributed by atoms with Crippen molar-refractivity contribution < 1.29 is 23.1 Å². The molecule has 1 atom stereocenters. The van der Waals surface area contributed by atoms with Crippen LogP contribution >= 0.6 is 15.9 Å². The molecule has 1 aromatic rings. The van der Waals surface area contributed by atoms with E-state index in [4.69, 9.17) is 5.11 Å². The number of carbonyl (C=O) groups is 1. The molecule has 118 valence electrons. The summed E-state index contributed by atoms with van der Waals surface area (Å²) in [6.45, 7) is 5.67. The molecular weight excluding hydrogens is 351 g/mol. The highest BCUT2D eigenvalue weighted by molar-refractivity contribution is 9.09. The van der Waals surface area contributed by atoms with E-state index in [0.29, 0.717) is 17.8 Å². The Kier molecular flexibility index (Phi) is 5.67. The molecule has 0 saturated carbocycles. The largest absolute Gasteiger partial charge is 0.503 e. The molecule has 0 heterocycles. The number of halogens is 4. The van der Waals surface area contributed by atoms with Crippen LogP contribution in [0.25, 0.3) is 0 Å². The summed E-state index contributed by atoms with van der Waals surface area (Å²) in [5.41, 5.74) is -1.03. The van der Waals surface area contributed by atoms with Crippen LogP contribution in [0.15, 0.2) is 6.07 Å². The Bertz CT molecular complexity index is 544. The molecule has 0 bridgehead atoms. The summed E-state index contributed by atoms with van der Waals surface area (Å²) < 4.78 is 39.9. The molecule has 0 aromatic heterocycles. The third kappa shape index (κ3) is 4.12. The Labute approximate surface area is 129 Å². The van der Waals surface area contributed by atoms with Gasteiger partial charge in [0, 0.05) is 11.4 Å². The molecule has 1 unspecified atom stereocenters. The molecule has 21 heavy (non-hydrogen) atoms. The maximum absolute atomic E-state index is 13.7. The molecule has 0 radical (unpaired) electrons. The van der Waals surface area contributed by atoms with Crippen molar-refractivity contribution >= 4 is 21.8 Å². The molecule has 0 fully saturated rings. The molecule has 1 aromatic carbocycles. The van der Waals surface area contributed by atoms with Gasteiger partial charge in [-0.15, -0.1) is 0 Å². The monoisotopic (exact) mass is 367 g/mol. The summed E-state index contributed by atoms with van der Waals surface area (Å²) in [6, 6.07) is 0.132. The first-order valence-electron chi connectivity index (χ1n) is 6.32. The summed E-state index contributed by atoms with van der Waals surface area (Å²) in [5.74, 6) is -7.06. The van der Waals surface area contributed by atoms with Crippen molar-refractivity contribution in [2.75, 3.05) is 5.33 Å². The maximum atomic E-state index is 13.7. The summed E-state index contributed by atoms with van der Waals surface area (Å²) in [6.07, 6.45) is 0.576. The van der Waals surface area contributed by atoms with Crippen molar-refractivity contribution in [3.8, 4) is 5.75 Å². The molecule has 0 aliphatic carbocycles. The smallest absolute Gasteiger partial charge is 0.254 e. The second-order valence-electron chi connectivity index (χ2n) is 5.75. The Hall–Kier alpha value is -1.24. The predicted octanol–water partition coefficient (Wildman–Crippen LogP) is 3.74. The van der Waals surface area contributed by atoms with Gasteiger partial charge in [0.2, 0.25) is 5.82 Å². The van der Waals surface area contributed by atoms with Crippen LogP contribution in [-0.2, 0) is 0 Å². The Morgan fingerprint density at radius 1 is 1.33 bits per heavy atom. The lowest BCUT2D eigenvalue weighted by atomic mass is 9.85. The van der Waals surface area contributed by atoms with Crippen LogP contribution in [0.4, 0.5) is 13.2 Å². The van der Waals surface area contributed by atoms with E-state index in [2.05, 4.69) is 21.2 Å². The van der Waals surface area contributed by atoms with E-state index in [9.17, 15) is 18.0 Å². The summed E-state index contributed by atoms with van der Waals surface area (Å²) >= 11 is 3.26. The number of rotatable bonds is 4. The molecule has 0 spiro atoms. The summed E-state index contributed by atoms with van der Waals surface area (Å²) in [7, 11) is 0. The second-order valence-corrected chi connectivity index (χ2v) is 6.55. The van der Waals surface area contributed by atoms with Gasteiger partial charge in [0.05, 0.1) is 5.56 Å². The van der Waals surface area contributed by atoms with E-state index in [-0.39, 0.29) is 11.5 Å². The number of carbonyl (C=O) groups excluding carboxylic acids is 1. The van der Waals surface area contributed by atoms with E-state index in [1.54, 1.807) is 0 Å². The molecule has 7 heteroatoms. The second kappa shape index (κ2) is 6.68. The van der Waals surface area contributed by atoms with Crippen molar-refractivity contribution in [2.45, 2.75) is 33.2 Å². The molecule has 2 N–H and O–H groups in total. The zero-order chi connectivity index (χ0) is 16.4. The van der Waals surface area contributed by atoms with Gasteiger partial charge in [0.15, 0.2) is 17.4 Å². The minimum atomic E-state index is -1.71. The van der Waals surface area contributed by atoms with Gasteiger partial charge in [-0.2, -0.15) is 4.39 Å². The topological polar surface area (TPSA) is 49.3 Å². The molecule has 1 rings (SSSR count). The third-order valence-electron chi connectivity index (χ3n) is 3.13. The maximum Gasteiger partial charge on any atom is 0.254 e. The molecule has 0 aliphatic rings. The highest BCUT2D eigenvalue weighted by Crippen LogP contribution is 2.27. The third-order valence-corrected chi connectivity index (χ3v) is 3.58. The number of amides is 1. The van der Waals surface area contributed by atoms with Crippen LogP contribution in [0.1, 0.15) is 37.6 Å². The van der Waals surface area contributed by atoms with Crippen molar-refractivity contribution in [1.82, 2.24) is 5.32 Å². The van der Waals surface area contributed by atoms with Gasteiger partial charge >= 0.3 is 0 Å². The molecule has 0 saturated heterocycles. The average Bonchev–Trinajstić information content (AvgIpc) is 2.38. The molecule has 0 aliphatic heterocycles. The number of aromatic hydroxyl groups is 1. The average molecular weight is 368 g/mol. The summed E-state index contributed by atoms with van der Waals surface area (Å²) in [4.78, 5) is 12.0. The number of hydrogen-bond donors (Lipinski definition) is 2. The van der Waals surface area contributed by atoms with Gasteiger partial charge < -0.3 is 10.4 Å². The van der Waals surface area contributed by atoms with Gasteiger partial charge in [0.1, 0.15) is 0 Å². The van der Waals surface area contributed by atoms with Crippen LogP contribution in [0, 0.1) is 22.9 Å². The van der Waals surface area contributed by atoms with Gasteiger partial charge in [-0.3, -0.25) is 4.79 Å². The SMILES string of the molecule is CC(C)(C)C(CCBr)NC(=O)c1cc(F)c(F)c(O)c1F. The minimum Gasteiger partial charge on any atom is -0.503 e. The first-order valence-corrected chi connectivity index (χ1v) is 7.45. The van der Waals surface area contributed by atoms with Gasteiger partial charge in [-0.1, -0.05) is 36.7 Å². The Morgan fingerprint density at radius 2 is 1.90 bits per heavy atom. The molecule has 3 nitrogen and oxygen atoms in total. The fourth-order valence-electron chi connectivity index (χ4n) is 1.82. The van der Waals surface area contributed by atoms with E-state index >= 15 is 0 Å². The van der Waals surface area contributed by atoms with Crippen molar-refractivity contribution in [3.05, 3.63) is 29.1 Å². The molecule has 1 amide bonds. The lowest BCUT2D eigenvalue weighted by Gasteiger charge is -2.31. The van der Waals surface area contributed by atoms with E-state index in [1.165, 1.54) is 0 Å². The normalized spacial score (nSPS) is 13.1. The van der Waals surface area contributed by atoms with Crippen LogP contribution in [-0.4, -0.2) is 22.4 Å². The number of hydrogen-bond acceptors (Lipinski definition) is 2. The summed E-state index contributed by atoms with van der Waals surface area (Å²) in [5, 5.41) is 12.3. The van der Waals surface area contributed by atoms with E-state index < -0.39 is 34.7 Å². The highest BCUT2D eigenvalue weighted by Gasteiger charge is 2.28. The first-order chi connectivity index (χ1) is 9.59. The van der Waals surface area contributed by atoms with Crippen LogP contribution in [0.2, 0.25) is 0 Å². The zero-order valence-corrected chi connectivity index (χ0v) is 13.5. The van der Waals surface area contributed by atoms with E-state index in [1.807, 2.05) is 20.8 Å². The minimum absolute atomic E-state index is 0.305. The standard InChI is InChI=1S/C14H17BrF3NO2/c1-14(2,3)9(4-5-15)19-13(21)7-6-8(16)11(18)12(20)10(7)17/h6,9,20H,4-5H2,1-3H3,(H,19,21). The van der Waals surface area contributed by atoms with Crippen molar-refractivity contribution in [2.24, 2.45) is 5.41 Å². The highest BCUT2D eigenvalue weighted by atomic mass is 79.9. The van der Waals surface area contributed by atoms with Crippen molar-refractivity contribution in [1.29, 1.82) is 0 Å². The number of phenolic OH excluding ortho intramolecular Hbond substituents is 1. The fraction of sp³-hybridized carbons (Fsp3) is 0.500. The van der Waals surface area contributed by atoms with Gasteiger partial charge in [0.25, 0.3) is 5.91 Å². The predicted molar refractivity (Wildman–Crippen MR) is 77.1 cm³/mol. The number of phenols is 1. The zero-order valence-electron chi connectivity index (χ0n) is 11.9. The number of nitrogens with one attached hydrogen (secondary N) is 1. The lowest BCUT2D eigenvalue weighted by Crippen LogP contribution is -2.44. The Morgan fingerprint density at radius 3 is 2.38 bits per heavy atom. The van der Waals surface area contributed by atoms with Gasteiger partial charge in [-0.05, 0) is 17.9 Å². The van der Waals surface area contributed by atoms with Gasteiger partial charge in [-0.25, -0.2) is 8.78 Å². The van der Waals surface area contributed by atoms with Crippen LogP contribution in [0.5, 0.6) is 5.75 Å². The fourth-order valence-corrected chi connectivity index (χ4v) is 2.28. The number of alkyl halides is 1. The van der Waals surface area contributed by atoms with Crippen LogP contribution < -0.4 is 5.32 Å². The number of benzene rings is 1. The van der Waals surface area contributed by atoms with Crippen LogP contribution in [0.3, 0.4) is 0 Å².